The van der Waals surface area contributed by atoms with Gasteiger partial charge in [-0.1, -0.05) is 24.3 Å². The van der Waals surface area contributed by atoms with Crippen LogP contribution < -0.4 is 14.2 Å². The molecule has 0 spiro atoms. The monoisotopic (exact) mass is 381 g/mol. The number of likely N-dealkylation sites (tertiary alicyclic amines) is 1. The summed E-state index contributed by atoms with van der Waals surface area (Å²) < 4.78 is 16.5. The Morgan fingerprint density at radius 1 is 1.07 bits per heavy atom. The molecule has 4 rings (SSSR count). The van der Waals surface area contributed by atoms with E-state index in [1.165, 1.54) is 5.56 Å². The average Bonchev–Trinajstić information content (AvgIpc) is 3.16. The molecule has 0 aromatic heterocycles. The first kappa shape index (κ1) is 18.7. The summed E-state index contributed by atoms with van der Waals surface area (Å²) in [7, 11) is 3.31. The molecule has 1 saturated heterocycles. The molecule has 1 unspecified atom stereocenters. The van der Waals surface area contributed by atoms with E-state index in [2.05, 4.69) is 18.2 Å². The van der Waals surface area contributed by atoms with Crippen LogP contribution in [0, 0.1) is 0 Å². The van der Waals surface area contributed by atoms with Crippen LogP contribution in [-0.4, -0.2) is 44.7 Å². The zero-order valence-electron chi connectivity index (χ0n) is 16.5. The molecule has 1 fully saturated rings. The van der Waals surface area contributed by atoms with Gasteiger partial charge >= 0.3 is 0 Å². The van der Waals surface area contributed by atoms with Crippen molar-refractivity contribution in [2.24, 2.45) is 0 Å². The molecule has 5 nitrogen and oxygen atoms in total. The third kappa shape index (κ3) is 3.66. The molecule has 0 aliphatic carbocycles. The van der Waals surface area contributed by atoms with Gasteiger partial charge in [-0.2, -0.15) is 0 Å². The van der Waals surface area contributed by atoms with Crippen LogP contribution in [0.4, 0.5) is 0 Å². The molecule has 0 bridgehead atoms. The summed E-state index contributed by atoms with van der Waals surface area (Å²) in [5.74, 6) is 3.28. The number of nitrogens with zero attached hydrogens (tertiary/aromatic N) is 1. The van der Waals surface area contributed by atoms with Crippen LogP contribution in [0.15, 0.2) is 42.5 Å². The average molecular weight is 381 g/mol. The van der Waals surface area contributed by atoms with Crippen LogP contribution in [0.1, 0.15) is 42.2 Å². The number of methoxy groups -OCH3 is 2. The number of hydrogen-bond acceptors (Lipinski definition) is 4. The Balaban J connectivity index is 1.35. The van der Waals surface area contributed by atoms with Crippen molar-refractivity contribution in [2.75, 3.05) is 33.9 Å². The molecule has 5 heteroatoms. The molecule has 0 N–H and O–H groups in total. The van der Waals surface area contributed by atoms with Crippen molar-refractivity contribution in [3.8, 4) is 17.2 Å². The normalized spacial score (nSPS) is 19.1. The highest BCUT2D eigenvalue weighted by molar-refractivity contribution is 5.77. The van der Waals surface area contributed by atoms with E-state index in [1.54, 1.807) is 14.2 Å². The number of piperidine rings is 1. The first-order valence-electron chi connectivity index (χ1n) is 9.91. The summed E-state index contributed by atoms with van der Waals surface area (Å²) in [5, 5.41) is 0. The first-order valence-corrected chi connectivity index (χ1v) is 9.91. The summed E-state index contributed by atoms with van der Waals surface area (Å²) in [6.07, 6.45) is 2.47. The Bertz CT molecular complexity index is 842. The van der Waals surface area contributed by atoms with Crippen molar-refractivity contribution in [3.05, 3.63) is 53.6 Å². The molecule has 2 aliphatic heterocycles. The molecule has 2 aromatic carbocycles. The van der Waals surface area contributed by atoms with Gasteiger partial charge in [0.25, 0.3) is 0 Å². The fourth-order valence-corrected chi connectivity index (χ4v) is 4.31. The molecule has 28 heavy (non-hydrogen) atoms. The highest BCUT2D eigenvalue weighted by Gasteiger charge is 2.30. The summed E-state index contributed by atoms with van der Waals surface area (Å²) in [5.41, 5.74) is 2.42. The Kier molecular flexibility index (Phi) is 5.42. The molecule has 0 radical (unpaired) electrons. The van der Waals surface area contributed by atoms with Crippen LogP contribution in [0.5, 0.6) is 17.2 Å². The molecule has 1 atom stereocenters. The second kappa shape index (κ2) is 8.13. The molecular formula is C23H27NO4. The maximum Gasteiger partial charge on any atom is 0.223 e. The van der Waals surface area contributed by atoms with Gasteiger partial charge in [0.1, 0.15) is 5.75 Å². The predicted octanol–water partition coefficient (Wildman–Crippen LogP) is 3.98. The van der Waals surface area contributed by atoms with E-state index < -0.39 is 0 Å². The lowest BCUT2D eigenvalue weighted by Crippen LogP contribution is -2.38. The van der Waals surface area contributed by atoms with E-state index >= 15 is 0 Å². The molecule has 1 amide bonds. The van der Waals surface area contributed by atoms with Crippen LogP contribution in [0.25, 0.3) is 0 Å². The fourth-order valence-electron chi connectivity index (χ4n) is 4.31. The summed E-state index contributed by atoms with van der Waals surface area (Å²) in [6.45, 7) is 2.20. The zero-order valence-corrected chi connectivity index (χ0v) is 16.5. The van der Waals surface area contributed by atoms with Crippen LogP contribution >= 0.6 is 0 Å². The third-order valence-corrected chi connectivity index (χ3v) is 5.95. The summed E-state index contributed by atoms with van der Waals surface area (Å²) in [4.78, 5) is 14.8. The lowest BCUT2D eigenvalue weighted by atomic mass is 9.88. The third-order valence-electron chi connectivity index (χ3n) is 5.95. The van der Waals surface area contributed by atoms with Gasteiger partial charge in [-0.15, -0.1) is 0 Å². The highest BCUT2D eigenvalue weighted by atomic mass is 16.5. The number of hydrogen-bond donors (Lipinski definition) is 0. The summed E-state index contributed by atoms with van der Waals surface area (Å²) in [6, 6.07) is 14.2. The van der Waals surface area contributed by atoms with Gasteiger partial charge in [0, 0.05) is 31.0 Å². The molecule has 2 aliphatic rings. The Morgan fingerprint density at radius 2 is 1.82 bits per heavy atom. The number of ether oxygens (including phenoxy) is 3. The lowest BCUT2D eigenvalue weighted by Gasteiger charge is -2.33. The number of rotatable bonds is 5. The van der Waals surface area contributed by atoms with Crippen molar-refractivity contribution in [3.63, 3.8) is 0 Å². The predicted molar refractivity (Wildman–Crippen MR) is 107 cm³/mol. The van der Waals surface area contributed by atoms with Crippen molar-refractivity contribution in [1.82, 2.24) is 4.90 Å². The lowest BCUT2D eigenvalue weighted by molar-refractivity contribution is -0.132. The number of carbonyl (C=O) groups is 1. The van der Waals surface area contributed by atoms with Gasteiger partial charge in [0.15, 0.2) is 11.5 Å². The van der Waals surface area contributed by atoms with E-state index in [4.69, 9.17) is 14.2 Å². The van der Waals surface area contributed by atoms with Gasteiger partial charge in [0.05, 0.1) is 20.8 Å². The second-order valence-electron chi connectivity index (χ2n) is 7.52. The van der Waals surface area contributed by atoms with Crippen LogP contribution in [-0.2, 0) is 4.79 Å². The van der Waals surface area contributed by atoms with E-state index in [1.807, 2.05) is 29.2 Å². The topological polar surface area (TPSA) is 48.0 Å². The molecule has 0 saturated carbocycles. The molecule has 148 valence electrons. The zero-order chi connectivity index (χ0) is 19.5. The molecule has 2 heterocycles. The smallest absolute Gasteiger partial charge is 0.223 e. The van der Waals surface area contributed by atoms with E-state index in [-0.39, 0.29) is 11.8 Å². The van der Waals surface area contributed by atoms with Crippen molar-refractivity contribution >= 4 is 5.91 Å². The fraction of sp³-hybridized carbons (Fsp3) is 0.435. The Morgan fingerprint density at radius 3 is 2.57 bits per heavy atom. The first-order chi connectivity index (χ1) is 13.7. The van der Waals surface area contributed by atoms with Gasteiger partial charge < -0.3 is 19.1 Å². The SMILES string of the molecule is COc1ccc(C2CCN(C(=O)CC3COc4ccccc43)CC2)cc1OC. The quantitative estimate of drug-likeness (QED) is 0.786. The number of benzene rings is 2. The minimum absolute atomic E-state index is 0.173. The maximum atomic E-state index is 12.8. The minimum Gasteiger partial charge on any atom is -0.493 e. The largest absolute Gasteiger partial charge is 0.493 e. The second-order valence-corrected chi connectivity index (χ2v) is 7.52. The Hall–Kier alpha value is -2.69. The summed E-state index contributed by atoms with van der Waals surface area (Å²) >= 11 is 0. The maximum absolute atomic E-state index is 12.8. The molecular weight excluding hydrogens is 354 g/mol. The standard InChI is InChI=1S/C23H27NO4/c1-26-21-8-7-17(13-22(21)27-2)16-9-11-24(12-10-16)23(25)14-18-15-28-20-6-4-3-5-19(18)20/h3-8,13,16,18H,9-12,14-15H2,1-2H3. The van der Waals surface area contributed by atoms with Gasteiger partial charge in [-0.25, -0.2) is 0 Å². The highest BCUT2D eigenvalue weighted by Crippen LogP contribution is 2.37. The Labute approximate surface area is 166 Å². The van der Waals surface area contributed by atoms with Gasteiger partial charge in [-0.3, -0.25) is 4.79 Å². The van der Waals surface area contributed by atoms with Crippen LogP contribution in [0.3, 0.4) is 0 Å². The van der Waals surface area contributed by atoms with Crippen molar-refractivity contribution in [1.29, 1.82) is 0 Å². The minimum atomic E-state index is 0.173. The number of para-hydroxylation sites is 1. The number of fused-ring (bicyclic) bond motifs is 1. The van der Waals surface area contributed by atoms with Gasteiger partial charge in [0.2, 0.25) is 5.91 Å². The van der Waals surface area contributed by atoms with Crippen LogP contribution in [0.2, 0.25) is 0 Å². The molecule has 2 aromatic rings. The van der Waals surface area contributed by atoms with Crippen molar-refractivity contribution < 1.29 is 19.0 Å². The van der Waals surface area contributed by atoms with E-state index in [0.717, 1.165) is 48.7 Å². The number of amides is 1. The van der Waals surface area contributed by atoms with E-state index in [9.17, 15) is 4.79 Å². The van der Waals surface area contributed by atoms with Gasteiger partial charge in [-0.05, 0) is 42.5 Å². The van der Waals surface area contributed by atoms with Crippen molar-refractivity contribution in [2.45, 2.75) is 31.1 Å². The van der Waals surface area contributed by atoms with E-state index in [0.29, 0.717) is 18.9 Å². The number of carbonyl (C=O) groups excluding carboxylic acids is 1.